The zero-order chi connectivity index (χ0) is 22.9. The first-order valence-electron chi connectivity index (χ1n) is 11.2. The van der Waals surface area contributed by atoms with E-state index in [1.54, 1.807) is 35.4 Å². The first-order chi connectivity index (χ1) is 16.0. The number of amides is 1. The number of benzene rings is 1. The molecule has 1 aliphatic rings. The molecule has 5 rings (SSSR count). The van der Waals surface area contributed by atoms with Gasteiger partial charge in [0.2, 0.25) is 0 Å². The van der Waals surface area contributed by atoms with E-state index in [4.69, 9.17) is 0 Å². The predicted octanol–water partition coefficient (Wildman–Crippen LogP) is 4.63. The minimum atomic E-state index is -1.03. The monoisotopic (exact) mass is 449 g/mol. The number of hydrogen-bond donors (Lipinski definition) is 1. The number of nitrogens with one attached hydrogen (secondary N) is 1. The molecule has 1 saturated carbocycles. The van der Waals surface area contributed by atoms with Crippen LogP contribution in [0.15, 0.2) is 55.1 Å². The number of aromatic nitrogens is 4. The summed E-state index contributed by atoms with van der Waals surface area (Å²) in [6.45, 7) is 0.240. The summed E-state index contributed by atoms with van der Waals surface area (Å²) in [5.41, 5.74) is 3.69. The Kier molecular flexibility index (Phi) is 5.66. The van der Waals surface area contributed by atoms with E-state index in [0.717, 1.165) is 29.5 Å². The summed E-state index contributed by atoms with van der Waals surface area (Å²) in [4.78, 5) is 17.4. The third-order valence-corrected chi connectivity index (χ3v) is 6.31. The molecule has 1 fully saturated rings. The average molecular weight is 450 g/mol. The Morgan fingerprint density at radius 2 is 2.03 bits per heavy atom. The van der Waals surface area contributed by atoms with E-state index in [0.29, 0.717) is 29.5 Å². The minimum absolute atomic E-state index is 0.240. The van der Waals surface area contributed by atoms with Crippen molar-refractivity contribution in [2.75, 3.05) is 0 Å². The topological polar surface area (TPSA) is 64.7 Å². The molecule has 3 heterocycles. The Labute approximate surface area is 190 Å². The summed E-state index contributed by atoms with van der Waals surface area (Å²) in [5.74, 6) is -0.685. The van der Waals surface area contributed by atoms with Crippen LogP contribution in [0.25, 0.3) is 22.2 Å². The molecule has 0 bridgehead atoms. The number of fused-ring (bicyclic) bond motifs is 1. The Bertz CT molecular complexity index is 1310. The molecule has 8 heteroatoms. The molecule has 4 aromatic rings. The number of aryl methyl sites for hydroxylation is 1. The van der Waals surface area contributed by atoms with Crippen LogP contribution in [0.4, 0.5) is 8.78 Å². The molecular weight excluding hydrogens is 424 g/mol. The number of rotatable bonds is 5. The van der Waals surface area contributed by atoms with Crippen molar-refractivity contribution < 1.29 is 13.6 Å². The van der Waals surface area contributed by atoms with Crippen LogP contribution in [0.1, 0.15) is 41.6 Å². The second-order valence-corrected chi connectivity index (χ2v) is 8.63. The van der Waals surface area contributed by atoms with Gasteiger partial charge in [0, 0.05) is 36.8 Å². The van der Waals surface area contributed by atoms with Gasteiger partial charge in [-0.05, 0) is 36.6 Å². The van der Waals surface area contributed by atoms with Crippen LogP contribution >= 0.6 is 0 Å². The standard InChI is InChI=1S/C25H25F2N5O/c1-31-13-18(12-29-31)16-8-9-17(21(27)11-16)14-32-15-19(24-23(32)7-4-10-28-24)25(33)30-22-6-3-2-5-20(22)26/h4,7-13,15,20,22H,2-3,5-6,14H2,1H3,(H,30,33). The largest absolute Gasteiger partial charge is 0.346 e. The van der Waals surface area contributed by atoms with Crippen LogP contribution < -0.4 is 5.32 Å². The lowest BCUT2D eigenvalue weighted by atomic mass is 9.93. The fourth-order valence-electron chi connectivity index (χ4n) is 4.52. The van der Waals surface area contributed by atoms with Crippen molar-refractivity contribution in [3.8, 4) is 11.1 Å². The molecule has 1 N–H and O–H groups in total. The Balaban J connectivity index is 1.43. The van der Waals surface area contributed by atoms with Crippen LogP contribution in [0, 0.1) is 5.82 Å². The zero-order valence-electron chi connectivity index (χ0n) is 18.3. The Morgan fingerprint density at radius 3 is 2.79 bits per heavy atom. The van der Waals surface area contributed by atoms with Crippen LogP contribution in [-0.4, -0.2) is 37.5 Å². The number of pyridine rings is 1. The molecule has 1 aromatic carbocycles. The van der Waals surface area contributed by atoms with Crippen LogP contribution in [0.5, 0.6) is 0 Å². The molecule has 1 aliphatic carbocycles. The van der Waals surface area contributed by atoms with E-state index in [-0.39, 0.29) is 18.3 Å². The lowest BCUT2D eigenvalue weighted by Gasteiger charge is -2.26. The molecule has 0 aliphatic heterocycles. The molecule has 6 nitrogen and oxygen atoms in total. The lowest BCUT2D eigenvalue weighted by Crippen LogP contribution is -2.43. The van der Waals surface area contributed by atoms with Crippen molar-refractivity contribution in [1.29, 1.82) is 0 Å². The van der Waals surface area contributed by atoms with Gasteiger partial charge in [0.15, 0.2) is 0 Å². The molecule has 1 amide bonds. The van der Waals surface area contributed by atoms with E-state index >= 15 is 0 Å². The van der Waals surface area contributed by atoms with Crippen LogP contribution in [0.3, 0.4) is 0 Å². The molecular formula is C25H25F2N5O. The Hall–Kier alpha value is -3.55. The van der Waals surface area contributed by atoms with E-state index < -0.39 is 12.2 Å². The van der Waals surface area contributed by atoms with Gasteiger partial charge >= 0.3 is 0 Å². The molecule has 0 saturated heterocycles. The van der Waals surface area contributed by atoms with Crippen molar-refractivity contribution in [2.24, 2.45) is 7.05 Å². The fraction of sp³-hybridized carbons (Fsp3) is 0.320. The van der Waals surface area contributed by atoms with E-state index in [1.165, 1.54) is 6.07 Å². The maximum absolute atomic E-state index is 15.0. The molecule has 2 atom stereocenters. The summed E-state index contributed by atoms with van der Waals surface area (Å²) in [6, 6.07) is 8.24. The highest BCUT2D eigenvalue weighted by atomic mass is 19.1. The maximum atomic E-state index is 15.0. The summed E-state index contributed by atoms with van der Waals surface area (Å²) in [6.07, 6.45) is 8.64. The van der Waals surface area contributed by atoms with Gasteiger partial charge in [0.1, 0.15) is 17.5 Å². The number of nitrogens with zero attached hydrogens (tertiary/aromatic N) is 4. The van der Waals surface area contributed by atoms with E-state index in [9.17, 15) is 13.6 Å². The van der Waals surface area contributed by atoms with Gasteiger partial charge in [-0.25, -0.2) is 8.78 Å². The Morgan fingerprint density at radius 1 is 1.18 bits per heavy atom. The smallest absolute Gasteiger partial charge is 0.255 e. The maximum Gasteiger partial charge on any atom is 0.255 e. The van der Waals surface area contributed by atoms with Gasteiger partial charge in [-0.3, -0.25) is 14.5 Å². The molecule has 0 radical (unpaired) electrons. The minimum Gasteiger partial charge on any atom is -0.346 e. The molecule has 33 heavy (non-hydrogen) atoms. The van der Waals surface area contributed by atoms with Gasteiger partial charge < -0.3 is 9.88 Å². The normalized spacial score (nSPS) is 18.5. The lowest BCUT2D eigenvalue weighted by molar-refractivity contribution is 0.0885. The van der Waals surface area contributed by atoms with Gasteiger partial charge in [0.25, 0.3) is 5.91 Å². The highest BCUT2D eigenvalue weighted by Gasteiger charge is 2.28. The van der Waals surface area contributed by atoms with Crippen molar-refractivity contribution >= 4 is 16.9 Å². The molecule has 3 aromatic heterocycles. The number of carbonyl (C=O) groups is 1. The number of carbonyl (C=O) groups excluding carboxylic acids is 1. The summed E-state index contributed by atoms with van der Waals surface area (Å²) >= 11 is 0. The summed E-state index contributed by atoms with van der Waals surface area (Å²) in [5, 5.41) is 6.98. The van der Waals surface area contributed by atoms with Crippen molar-refractivity contribution in [3.63, 3.8) is 0 Å². The number of halogens is 2. The molecule has 2 unspecified atom stereocenters. The predicted molar refractivity (Wildman–Crippen MR) is 122 cm³/mol. The second kappa shape index (κ2) is 8.77. The number of alkyl halides is 1. The van der Waals surface area contributed by atoms with Crippen molar-refractivity contribution in [2.45, 2.75) is 44.4 Å². The third kappa shape index (κ3) is 4.25. The van der Waals surface area contributed by atoms with Gasteiger partial charge in [0.05, 0.1) is 29.9 Å². The number of hydrogen-bond acceptors (Lipinski definition) is 3. The van der Waals surface area contributed by atoms with Crippen molar-refractivity contribution in [3.05, 3.63) is 72.1 Å². The van der Waals surface area contributed by atoms with E-state index in [2.05, 4.69) is 15.4 Å². The molecule has 0 spiro atoms. The first kappa shape index (κ1) is 21.3. The first-order valence-corrected chi connectivity index (χ1v) is 11.2. The highest BCUT2D eigenvalue weighted by Crippen LogP contribution is 2.26. The second-order valence-electron chi connectivity index (χ2n) is 8.63. The summed E-state index contributed by atoms with van der Waals surface area (Å²) < 4.78 is 32.7. The molecule has 170 valence electrons. The average Bonchev–Trinajstić information content (AvgIpc) is 3.41. The van der Waals surface area contributed by atoms with Crippen LogP contribution in [-0.2, 0) is 13.6 Å². The van der Waals surface area contributed by atoms with E-state index in [1.807, 2.05) is 29.9 Å². The SMILES string of the molecule is Cn1cc(-c2ccc(Cn3cc(C(=O)NC4CCCCC4F)c4ncccc43)c(F)c2)cn1. The van der Waals surface area contributed by atoms with Crippen LogP contribution in [0.2, 0.25) is 0 Å². The van der Waals surface area contributed by atoms with Gasteiger partial charge in [-0.2, -0.15) is 5.10 Å². The fourth-order valence-corrected chi connectivity index (χ4v) is 4.52. The quantitative estimate of drug-likeness (QED) is 0.483. The third-order valence-electron chi connectivity index (χ3n) is 6.31. The van der Waals surface area contributed by atoms with Gasteiger partial charge in [-0.1, -0.05) is 25.0 Å². The zero-order valence-corrected chi connectivity index (χ0v) is 18.3. The highest BCUT2D eigenvalue weighted by molar-refractivity contribution is 6.05. The van der Waals surface area contributed by atoms with Crippen molar-refractivity contribution in [1.82, 2.24) is 24.6 Å². The summed E-state index contributed by atoms with van der Waals surface area (Å²) in [7, 11) is 1.81. The van der Waals surface area contributed by atoms with Gasteiger partial charge in [-0.15, -0.1) is 0 Å².